The number of aromatic nitrogens is 1. The molecular weight excluding hydrogens is 326 g/mol. The fraction of sp³-hybridized carbons (Fsp3) is 0.412. The Morgan fingerprint density at radius 3 is 2.88 bits per heavy atom. The van der Waals surface area contributed by atoms with Crippen molar-refractivity contribution in [2.75, 3.05) is 13.7 Å². The van der Waals surface area contributed by atoms with Crippen LogP contribution in [0.1, 0.15) is 28.0 Å². The number of ether oxygens (including phenoxy) is 1. The van der Waals surface area contributed by atoms with Crippen molar-refractivity contribution in [2.45, 2.75) is 25.4 Å². The summed E-state index contributed by atoms with van der Waals surface area (Å²) >= 11 is 0. The number of nitro groups is 1. The van der Waals surface area contributed by atoms with Gasteiger partial charge in [0, 0.05) is 53.0 Å². The van der Waals surface area contributed by atoms with E-state index in [1.165, 1.54) is 7.11 Å². The van der Waals surface area contributed by atoms with Gasteiger partial charge in [0.05, 0.1) is 12.7 Å². The first-order valence-corrected chi connectivity index (χ1v) is 8.13. The smallest absolute Gasteiger partial charge is 0.337 e. The van der Waals surface area contributed by atoms with Crippen molar-refractivity contribution < 1.29 is 19.2 Å². The molecule has 8 nitrogen and oxygen atoms in total. The van der Waals surface area contributed by atoms with Gasteiger partial charge in [-0.3, -0.25) is 14.9 Å². The molecular formula is C17H17N3O5. The molecule has 0 spiro atoms. The fourth-order valence-electron chi connectivity index (χ4n) is 3.56. The van der Waals surface area contributed by atoms with E-state index in [0.717, 1.165) is 22.2 Å². The Morgan fingerprint density at radius 2 is 2.20 bits per heavy atom. The van der Waals surface area contributed by atoms with Crippen molar-refractivity contribution in [1.82, 2.24) is 9.88 Å². The molecule has 0 bridgehead atoms. The molecule has 2 heterocycles. The van der Waals surface area contributed by atoms with Crippen LogP contribution in [0, 0.1) is 16.0 Å². The number of aromatic amines is 1. The normalized spacial score (nSPS) is 21.7. The number of carbonyl (C=O) groups is 2. The van der Waals surface area contributed by atoms with E-state index >= 15 is 0 Å². The Labute approximate surface area is 142 Å². The molecule has 0 radical (unpaired) electrons. The number of hydrogen-bond donors (Lipinski definition) is 1. The van der Waals surface area contributed by atoms with Crippen molar-refractivity contribution in [1.29, 1.82) is 0 Å². The lowest BCUT2D eigenvalue weighted by Crippen LogP contribution is -2.37. The van der Waals surface area contributed by atoms with E-state index in [1.807, 2.05) is 6.07 Å². The highest BCUT2D eigenvalue weighted by atomic mass is 16.6. The maximum Gasteiger partial charge on any atom is 0.337 e. The standard InChI is InChI=1S/C17H17N3O5/c1-25-17(22)9-2-3-13-10(6-9)12-8-19(5-4-14(12)18-13)16(21)11-7-15(11)20(23)24/h2-3,6,11,15,18H,4-5,7-8H2,1H3/t11-,15+/m0/s1. The summed E-state index contributed by atoms with van der Waals surface area (Å²) in [7, 11) is 1.33. The molecule has 1 aliphatic carbocycles. The zero-order valence-corrected chi connectivity index (χ0v) is 13.7. The molecule has 1 saturated carbocycles. The molecule has 0 unspecified atom stereocenters. The quantitative estimate of drug-likeness (QED) is 0.516. The molecule has 130 valence electrons. The highest BCUT2D eigenvalue weighted by Gasteiger charge is 2.54. The van der Waals surface area contributed by atoms with Gasteiger partial charge in [-0.15, -0.1) is 0 Å². The number of nitrogens with zero attached hydrogens (tertiary/aromatic N) is 2. The summed E-state index contributed by atoms with van der Waals surface area (Å²) in [6.45, 7) is 0.948. The molecule has 1 amide bonds. The minimum Gasteiger partial charge on any atom is -0.465 e. The number of H-pyrrole nitrogens is 1. The second-order valence-corrected chi connectivity index (χ2v) is 6.54. The van der Waals surface area contributed by atoms with E-state index < -0.39 is 17.9 Å². The molecule has 2 atom stereocenters. The maximum atomic E-state index is 12.5. The molecule has 1 N–H and O–H groups in total. The lowest BCUT2D eigenvalue weighted by molar-refractivity contribution is -0.497. The SMILES string of the molecule is COC(=O)c1ccc2[nH]c3c(c2c1)CN(C(=O)[C@H]1C[C@H]1[N+](=O)[O-])CC3. The molecule has 25 heavy (non-hydrogen) atoms. The van der Waals surface area contributed by atoms with Crippen molar-refractivity contribution in [3.05, 3.63) is 45.1 Å². The molecule has 4 rings (SSSR count). The third kappa shape index (κ3) is 2.54. The van der Waals surface area contributed by atoms with Gasteiger partial charge in [0.2, 0.25) is 11.9 Å². The van der Waals surface area contributed by atoms with Crippen LogP contribution in [0.3, 0.4) is 0 Å². The van der Waals surface area contributed by atoms with Gasteiger partial charge < -0.3 is 14.6 Å². The number of carbonyl (C=O) groups excluding carboxylic acids is 2. The van der Waals surface area contributed by atoms with Crippen LogP contribution in [-0.4, -0.2) is 46.4 Å². The van der Waals surface area contributed by atoms with Crippen LogP contribution in [-0.2, 0) is 22.5 Å². The number of methoxy groups -OCH3 is 1. The number of benzene rings is 1. The number of rotatable bonds is 3. The van der Waals surface area contributed by atoms with E-state index in [1.54, 1.807) is 17.0 Å². The van der Waals surface area contributed by atoms with Crippen molar-refractivity contribution >= 4 is 22.8 Å². The molecule has 8 heteroatoms. The van der Waals surface area contributed by atoms with Gasteiger partial charge in [-0.25, -0.2) is 4.79 Å². The van der Waals surface area contributed by atoms with Crippen LogP contribution in [0.15, 0.2) is 18.2 Å². The second-order valence-electron chi connectivity index (χ2n) is 6.54. The minimum absolute atomic E-state index is 0.147. The Balaban J connectivity index is 1.62. The first-order valence-electron chi connectivity index (χ1n) is 8.13. The average molecular weight is 343 g/mol. The summed E-state index contributed by atoms with van der Waals surface area (Å²) in [6.07, 6.45) is 0.995. The predicted molar refractivity (Wildman–Crippen MR) is 87.6 cm³/mol. The molecule has 1 aliphatic heterocycles. The summed E-state index contributed by atoms with van der Waals surface area (Å²) in [5.41, 5.74) is 3.37. The van der Waals surface area contributed by atoms with E-state index in [-0.39, 0.29) is 10.8 Å². The largest absolute Gasteiger partial charge is 0.465 e. The molecule has 1 aromatic heterocycles. The Kier molecular flexibility index (Phi) is 3.48. The Hall–Kier alpha value is -2.90. The number of hydrogen-bond acceptors (Lipinski definition) is 5. The predicted octanol–water partition coefficient (Wildman–Crippen LogP) is 1.50. The third-order valence-corrected chi connectivity index (χ3v) is 5.05. The lowest BCUT2D eigenvalue weighted by atomic mass is 10.0. The highest BCUT2D eigenvalue weighted by Crippen LogP contribution is 2.37. The van der Waals surface area contributed by atoms with Crippen molar-refractivity contribution in [3.8, 4) is 0 Å². The zero-order chi connectivity index (χ0) is 17.7. The van der Waals surface area contributed by atoms with Gasteiger partial charge in [0.15, 0.2) is 0 Å². The first-order chi connectivity index (χ1) is 12.0. The second kappa shape index (κ2) is 5.58. The number of esters is 1. The summed E-state index contributed by atoms with van der Waals surface area (Å²) < 4.78 is 4.76. The van der Waals surface area contributed by atoms with Crippen LogP contribution in [0.25, 0.3) is 10.9 Å². The zero-order valence-electron chi connectivity index (χ0n) is 13.7. The number of nitrogens with one attached hydrogen (secondary N) is 1. The molecule has 1 fully saturated rings. The maximum absolute atomic E-state index is 12.5. The van der Waals surface area contributed by atoms with Gasteiger partial charge in [-0.1, -0.05) is 0 Å². The summed E-state index contributed by atoms with van der Waals surface area (Å²) in [5.74, 6) is -1.05. The van der Waals surface area contributed by atoms with E-state index in [2.05, 4.69) is 4.98 Å². The summed E-state index contributed by atoms with van der Waals surface area (Å²) in [6, 6.07) is 4.56. The van der Waals surface area contributed by atoms with Gasteiger partial charge in [0.25, 0.3) is 0 Å². The number of fused-ring (bicyclic) bond motifs is 3. The van der Waals surface area contributed by atoms with Gasteiger partial charge in [0.1, 0.15) is 5.92 Å². The topological polar surface area (TPSA) is 106 Å². The molecule has 2 aliphatic rings. The minimum atomic E-state index is -0.734. The van der Waals surface area contributed by atoms with Crippen LogP contribution in [0.5, 0.6) is 0 Å². The monoisotopic (exact) mass is 343 g/mol. The van der Waals surface area contributed by atoms with Crippen LogP contribution < -0.4 is 0 Å². The van der Waals surface area contributed by atoms with E-state index in [0.29, 0.717) is 31.5 Å². The van der Waals surface area contributed by atoms with Crippen molar-refractivity contribution in [3.63, 3.8) is 0 Å². The van der Waals surface area contributed by atoms with E-state index in [9.17, 15) is 19.7 Å². The summed E-state index contributed by atoms with van der Waals surface area (Å²) in [5, 5.41) is 11.7. The molecule has 1 aromatic carbocycles. The lowest BCUT2D eigenvalue weighted by Gasteiger charge is -2.27. The molecule has 0 saturated heterocycles. The van der Waals surface area contributed by atoms with Crippen LogP contribution in [0.2, 0.25) is 0 Å². The Morgan fingerprint density at radius 1 is 1.40 bits per heavy atom. The Bertz CT molecular complexity index is 903. The van der Waals surface area contributed by atoms with Gasteiger partial charge in [-0.05, 0) is 18.2 Å². The van der Waals surface area contributed by atoms with Crippen LogP contribution >= 0.6 is 0 Å². The molecule has 2 aromatic rings. The van der Waals surface area contributed by atoms with Gasteiger partial charge >= 0.3 is 5.97 Å². The fourth-order valence-corrected chi connectivity index (χ4v) is 3.56. The van der Waals surface area contributed by atoms with Crippen molar-refractivity contribution in [2.24, 2.45) is 5.92 Å². The third-order valence-electron chi connectivity index (χ3n) is 5.05. The van der Waals surface area contributed by atoms with Gasteiger partial charge in [-0.2, -0.15) is 0 Å². The highest BCUT2D eigenvalue weighted by molar-refractivity contribution is 5.96. The van der Waals surface area contributed by atoms with E-state index in [4.69, 9.17) is 4.74 Å². The average Bonchev–Trinajstić information content (AvgIpc) is 3.35. The number of amides is 1. The summed E-state index contributed by atoms with van der Waals surface area (Å²) in [4.78, 5) is 39.7. The first kappa shape index (κ1) is 15.6. The van der Waals surface area contributed by atoms with Crippen LogP contribution in [0.4, 0.5) is 0 Å².